The molecule has 2 unspecified atom stereocenters. The third-order valence-electron chi connectivity index (χ3n) is 3.94. The molecule has 0 heterocycles. The quantitative estimate of drug-likeness (QED) is 0.767. The summed E-state index contributed by atoms with van der Waals surface area (Å²) in [5.74, 6) is 0.933. The Morgan fingerprint density at radius 1 is 1.35 bits per heavy atom. The maximum absolute atomic E-state index is 12.0. The Hall–Kier alpha value is -1.71. The first-order chi connectivity index (χ1) is 9.47. The topological polar surface area (TPSA) is 64.3 Å². The van der Waals surface area contributed by atoms with Crippen LogP contribution in [0.25, 0.3) is 0 Å². The zero-order valence-electron chi connectivity index (χ0n) is 12.9. The Balaban J connectivity index is 2.95. The van der Waals surface area contributed by atoms with E-state index in [4.69, 9.17) is 10.5 Å². The van der Waals surface area contributed by atoms with E-state index in [2.05, 4.69) is 19.2 Å². The average molecular weight is 278 g/mol. The maximum Gasteiger partial charge on any atom is 0.243 e. The van der Waals surface area contributed by atoms with E-state index in [1.807, 2.05) is 31.2 Å². The van der Waals surface area contributed by atoms with Gasteiger partial charge in [-0.3, -0.25) is 4.79 Å². The van der Waals surface area contributed by atoms with Crippen molar-refractivity contribution in [2.75, 3.05) is 12.4 Å². The summed E-state index contributed by atoms with van der Waals surface area (Å²) in [4.78, 5) is 12.0. The summed E-state index contributed by atoms with van der Waals surface area (Å²) in [5, 5.41) is 3.33. The smallest absolute Gasteiger partial charge is 0.243 e. The molecule has 0 saturated heterocycles. The van der Waals surface area contributed by atoms with Crippen LogP contribution in [-0.2, 0) is 4.79 Å². The van der Waals surface area contributed by atoms with Crippen molar-refractivity contribution in [2.24, 2.45) is 11.7 Å². The van der Waals surface area contributed by atoms with Crippen molar-refractivity contribution in [3.05, 3.63) is 24.3 Å². The van der Waals surface area contributed by atoms with E-state index in [0.717, 1.165) is 24.3 Å². The Morgan fingerprint density at radius 2 is 1.95 bits per heavy atom. The van der Waals surface area contributed by atoms with Crippen molar-refractivity contribution in [3.8, 4) is 5.75 Å². The predicted octanol–water partition coefficient (Wildman–Crippen LogP) is 3.18. The summed E-state index contributed by atoms with van der Waals surface area (Å²) in [6, 6.07) is 7.55. The molecule has 1 aromatic rings. The first kappa shape index (κ1) is 16.3. The highest BCUT2D eigenvalue weighted by Gasteiger charge is 2.35. The number of nitrogens with one attached hydrogen (secondary N) is 1. The second-order valence-corrected chi connectivity index (χ2v) is 5.37. The molecule has 0 spiro atoms. The van der Waals surface area contributed by atoms with Gasteiger partial charge in [-0.15, -0.1) is 0 Å². The number of carbonyl (C=O) groups is 1. The first-order valence-electron chi connectivity index (χ1n) is 7.19. The molecule has 3 N–H and O–H groups in total. The normalized spacial score (nSPS) is 15.2. The van der Waals surface area contributed by atoms with Crippen LogP contribution in [0, 0.1) is 5.92 Å². The third kappa shape index (κ3) is 3.89. The lowest BCUT2D eigenvalue weighted by Gasteiger charge is -2.34. The highest BCUT2D eigenvalue weighted by molar-refractivity contribution is 5.88. The summed E-state index contributed by atoms with van der Waals surface area (Å²) in [6.45, 7) is 6.26. The fourth-order valence-electron chi connectivity index (χ4n) is 2.31. The SMILES string of the molecule is CCC(C)CC(CC)(Nc1ccc(OC)cc1)C(N)=O. The fourth-order valence-corrected chi connectivity index (χ4v) is 2.31. The number of nitrogens with two attached hydrogens (primary N) is 1. The predicted molar refractivity (Wildman–Crippen MR) is 82.9 cm³/mol. The van der Waals surface area contributed by atoms with Gasteiger partial charge in [-0.1, -0.05) is 27.2 Å². The Bertz CT molecular complexity index is 431. The molecule has 1 amide bonds. The molecule has 0 fully saturated rings. The second kappa shape index (κ2) is 7.17. The Kier molecular flexibility index (Phi) is 5.86. The molecule has 0 aliphatic heterocycles. The monoisotopic (exact) mass is 278 g/mol. The lowest BCUT2D eigenvalue weighted by Crippen LogP contribution is -2.51. The zero-order chi connectivity index (χ0) is 15.2. The number of carbonyl (C=O) groups excluding carboxylic acids is 1. The van der Waals surface area contributed by atoms with Crippen molar-refractivity contribution in [1.82, 2.24) is 0 Å². The highest BCUT2D eigenvalue weighted by Crippen LogP contribution is 2.28. The minimum atomic E-state index is -0.690. The van der Waals surface area contributed by atoms with E-state index in [1.54, 1.807) is 7.11 Å². The van der Waals surface area contributed by atoms with Crippen LogP contribution >= 0.6 is 0 Å². The minimum absolute atomic E-state index is 0.295. The number of methoxy groups -OCH3 is 1. The molecule has 0 radical (unpaired) electrons. The molecular formula is C16H26N2O2. The number of hydrogen-bond donors (Lipinski definition) is 2. The van der Waals surface area contributed by atoms with Crippen LogP contribution in [-0.4, -0.2) is 18.6 Å². The van der Waals surface area contributed by atoms with Gasteiger partial charge in [-0.2, -0.15) is 0 Å². The van der Waals surface area contributed by atoms with Gasteiger partial charge in [0, 0.05) is 5.69 Å². The molecule has 1 rings (SSSR count). The summed E-state index contributed by atoms with van der Waals surface area (Å²) in [7, 11) is 1.63. The van der Waals surface area contributed by atoms with Crippen molar-refractivity contribution in [2.45, 2.75) is 45.6 Å². The summed E-state index contributed by atoms with van der Waals surface area (Å²) in [6.07, 6.45) is 2.43. The van der Waals surface area contributed by atoms with Gasteiger partial charge in [0.2, 0.25) is 5.91 Å². The van der Waals surface area contributed by atoms with Gasteiger partial charge in [0.25, 0.3) is 0 Å². The lowest BCUT2D eigenvalue weighted by atomic mass is 9.83. The molecule has 112 valence electrons. The Morgan fingerprint density at radius 3 is 2.35 bits per heavy atom. The number of amides is 1. The van der Waals surface area contributed by atoms with E-state index >= 15 is 0 Å². The number of anilines is 1. The van der Waals surface area contributed by atoms with Gasteiger partial charge in [0.1, 0.15) is 11.3 Å². The fraction of sp³-hybridized carbons (Fsp3) is 0.562. The van der Waals surface area contributed by atoms with Crippen LogP contribution in [0.3, 0.4) is 0 Å². The maximum atomic E-state index is 12.0. The molecule has 0 aromatic heterocycles. The molecule has 0 saturated carbocycles. The second-order valence-electron chi connectivity index (χ2n) is 5.37. The molecule has 4 heteroatoms. The summed E-state index contributed by atoms with van der Waals surface area (Å²) < 4.78 is 5.14. The molecular weight excluding hydrogens is 252 g/mol. The number of primary amides is 1. The summed E-state index contributed by atoms with van der Waals surface area (Å²) >= 11 is 0. The van der Waals surface area contributed by atoms with Crippen LogP contribution in [0.5, 0.6) is 5.75 Å². The van der Waals surface area contributed by atoms with E-state index in [9.17, 15) is 4.79 Å². The van der Waals surface area contributed by atoms with Crippen molar-refractivity contribution in [3.63, 3.8) is 0 Å². The minimum Gasteiger partial charge on any atom is -0.497 e. The van der Waals surface area contributed by atoms with Gasteiger partial charge in [-0.25, -0.2) is 0 Å². The van der Waals surface area contributed by atoms with E-state index in [-0.39, 0.29) is 5.91 Å². The van der Waals surface area contributed by atoms with Crippen LogP contribution in [0.15, 0.2) is 24.3 Å². The number of ether oxygens (including phenoxy) is 1. The van der Waals surface area contributed by atoms with Gasteiger partial charge >= 0.3 is 0 Å². The van der Waals surface area contributed by atoms with Crippen molar-refractivity contribution in [1.29, 1.82) is 0 Å². The van der Waals surface area contributed by atoms with E-state index in [0.29, 0.717) is 12.3 Å². The summed E-state index contributed by atoms with van der Waals surface area (Å²) in [5.41, 5.74) is 5.86. The molecule has 0 aliphatic rings. The molecule has 0 aliphatic carbocycles. The Labute approximate surface area is 121 Å². The van der Waals surface area contributed by atoms with Crippen LogP contribution in [0.1, 0.15) is 40.0 Å². The first-order valence-corrected chi connectivity index (χ1v) is 7.19. The van der Waals surface area contributed by atoms with Gasteiger partial charge in [0.05, 0.1) is 7.11 Å². The number of benzene rings is 1. The van der Waals surface area contributed by atoms with Gasteiger partial charge in [-0.05, 0) is 43.0 Å². The lowest BCUT2D eigenvalue weighted by molar-refractivity contribution is -0.123. The molecule has 1 aromatic carbocycles. The van der Waals surface area contributed by atoms with Crippen molar-refractivity contribution >= 4 is 11.6 Å². The molecule has 0 bridgehead atoms. The number of rotatable bonds is 8. The van der Waals surface area contributed by atoms with E-state index in [1.165, 1.54) is 0 Å². The van der Waals surface area contributed by atoms with Crippen LogP contribution in [0.4, 0.5) is 5.69 Å². The van der Waals surface area contributed by atoms with Crippen molar-refractivity contribution < 1.29 is 9.53 Å². The standard InChI is InChI=1S/C16H26N2O2/c1-5-12(3)11-16(6-2,15(17)19)18-13-7-9-14(20-4)10-8-13/h7-10,12,18H,5-6,11H2,1-4H3,(H2,17,19). The highest BCUT2D eigenvalue weighted by atomic mass is 16.5. The third-order valence-corrected chi connectivity index (χ3v) is 3.94. The van der Waals surface area contributed by atoms with Crippen LogP contribution < -0.4 is 15.8 Å². The van der Waals surface area contributed by atoms with Gasteiger partial charge in [0.15, 0.2) is 0 Å². The number of hydrogen-bond acceptors (Lipinski definition) is 3. The van der Waals surface area contributed by atoms with Gasteiger partial charge < -0.3 is 15.8 Å². The van der Waals surface area contributed by atoms with E-state index < -0.39 is 5.54 Å². The average Bonchev–Trinajstić information content (AvgIpc) is 2.46. The zero-order valence-corrected chi connectivity index (χ0v) is 12.9. The molecule has 20 heavy (non-hydrogen) atoms. The molecule has 4 nitrogen and oxygen atoms in total. The largest absolute Gasteiger partial charge is 0.497 e. The molecule has 2 atom stereocenters. The van der Waals surface area contributed by atoms with Crippen LogP contribution in [0.2, 0.25) is 0 Å².